The number of carbonyl (C=O) groups is 1. The Morgan fingerprint density at radius 3 is 1.83 bits per heavy atom. The molecule has 3 aliphatic rings. The van der Waals surface area contributed by atoms with E-state index in [1.165, 1.54) is 6.08 Å². The second-order valence-electron chi connectivity index (χ2n) is 3.48. The van der Waals surface area contributed by atoms with Crippen LogP contribution in [0, 0.1) is 63.7 Å². The molecule has 90 valence electrons. The van der Waals surface area contributed by atoms with E-state index in [4.69, 9.17) is 4.74 Å². The van der Waals surface area contributed by atoms with Crippen molar-refractivity contribution in [2.75, 3.05) is 0 Å². The minimum absolute atomic E-state index is 0. The molecule has 1 aliphatic heterocycles. The molecule has 2 fully saturated rings. The first-order valence-corrected chi connectivity index (χ1v) is 5.34. The zero-order valence-corrected chi connectivity index (χ0v) is 10.7. The molecule has 0 spiro atoms. The third-order valence-electron chi connectivity index (χ3n) is 2.16. The predicted octanol–water partition coefficient (Wildman–Crippen LogP) is 2.41. The molecule has 2 nitrogen and oxygen atoms in total. The van der Waals surface area contributed by atoms with Crippen molar-refractivity contribution in [3.05, 3.63) is 87.7 Å². The van der Waals surface area contributed by atoms with Gasteiger partial charge in [0.25, 0.3) is 0 Å². The van der Waals surface area contributed by atoms with Gasteiger partial charge in [-0.2, -0.15) is 0 Å². The van der Waals surface area contributed by atoms with Crippen molar-refractivity contribution in [3.63, 3.8) is 0 Å². The fourth-order valence-corrected chi connectivity index (χ4v) is 1.38. The molecule has 0 aromatic heterocycles. The van der Waals surface area contributed by atoms with Crippen LogP contribution in [0.25, 0.3) is 0 Å². The van der Waals surface area contributed by atoms with Crippen LogP contribution in [0.3, 0.4) is 0 Å². The Balaban J connectivity index is 0.000000230. The fraction of sp³-hybridized carbons (Fsp3) is 0. The van der Waals surface area contributed by atoms with Gasteiger partial charge in [-0.25, -0.2) is 4.79 Å². The molecule has 0 atom stereocenters. The van der Waals surface area contributed by atoms with E-state index >= 15 is 0 Å². The molecule has 3 heteroatoms. The molecule has 0 N–H and O–H groups in total. The van der Waals surface area contributed by atoms with Gasteiger partial charge in [0, 0.05) is 12.0 Å². The molecular weight excluding hydrogens is 268 g/mol. The maximum atomic E-state index is 10.6. The minimum atomic E-state index is -0.298. The van der Waals surface area contributed by atoms with E-state index < -0.39 is 0 Å². The molecule has 3 rings (SSSR count). The smallest absolute Gasteiger partial charge is 0.424 e. The maximum Gasteiger partial charge on any atom is 2.00 e. The predicted molar refractivity (Wildman–Crippen MR) is 65.3 cm³/mol. The summed E-state index contributed by atoms with van der Waals surface area (Å²) in [5.41, 5.74) is 0. The Morgan fingerprint density at radius 1 is 0.833 bits per heavy atom. The monoisotopic (exact) mass is 280 g/mol. The van der Waals surface area contributed by atoms with Crippen molar-refractivity contribution < 1.29 is 26.6 Å². The third-order valence-corrected chi connectivity index (χ3v) is 2.16. The van der Waals surface area contributed by atoms with E-state index in [0.717, 1.165) is 5.92 Å². The summed E-state index contributed by atoms with van der Waals surface area (Å²) in [4.78, 5) is 10.6. The van der Waals surface area contributed by atoms with Gasteiger partial charge in [-0.05, 0) is 69.9 Å². The number of hydrogen-bond donors (Lipinski definition) is 0. The molecule has 18 heavy (non-hydrogen) atoms. The molecule has 0 aromatic carbocycles. The van der Waals surface area contributed by atoms with Crippen LogP contribution >= 0.6 is 0 Å². The molecule has 0 saturated heterocycles. The Bertz CT molecular complexity index is 303. The van der Waals surface area contributed by atoms with Crippen LogP contribution in [0.4, 0.5) is 0 Å². The number of carbonyl (C=O) groups excluding carboxylic acids is 1. The average molecular weight is 280 g/mol. The van der Waals surface area contributed by atoms with Gasteiger partial charge >= 0.3 is 23.0 Å². The molecular formula is C15H12FeO2+2. The van der Waals surface area contributed by atoms with E-state index in [2.05, 4.69) is 0 Å². The van der Waals surface area contributed by atoms with Gasteiger partial charge in [-0.1, -0.05) is 0 Å². The molecule has 0 amide bonds. The Morgan fingerprint density at radius 2 is 1.39 bits per heavy atom. The first-order chi connectivity index (χ1) is 8.34. The van der Waals surface area contributed by atoms with Gasteiger partial charge in [0.2, 0.25) is 0 Å². The van der Waals surface area contributed by atoms with Gasteiger partial charge in [0.1, 0.15) is 5.76 Å². The van der Waals surface area contributed by atoms with Crippen molar-refractivity contribution in [2.24, 2.45) is 0 Å². The molecule has 0 aromatic rings. The first-order valence-electron chi connectivity index (χ1n) is 5.34. The summed E-state index contributed by atoms with van der Waals surface area (Å²) in [6.07, 6.45) is 22.7. The fourth-order valence-electron chi connectivity index (χ4n) is 1.38. The summed E-state index contributed by atoms with van der Waals surface area (Å²) in [7, 11) is 0. The number of cyclic esters (lactones) is 1. The average Bonchev–Trinajstić information content (AvgIpc) is 3.02. The SMILES string of the molecule is O=C1C=C/C(=C/[C]2[CH][CH][CH][CH]2)O1.[CH]1[CH][CH][CH][CH]1.[Fe+2]. The second-order valence-corrected chi connectivity index (χ2v) is 3.48. The van der Waals surface area contributed by atoms with Crippen molar-refractivity contribution >= 4 is 5.97 Å². The first kappa shape index (κ1) is 15.5. The van der Waals surface area contributed by atoms with Crippen molar-refractivity contribution in [2.45, 2.75) is 0 Å². The molecule has 0 unspecified atom stereocenters. The van der Waals surface area contributed by atoms with Gasteiger partial charge in [-0.3, -0.25) is 0 Å². The Labute approximate surface area is 120 Å². The van der Waals surface area contributed by atoms with Gasteiger partial charge in [0.15, 0.2) is 0 Å². The van der Waals surface area contributed by atoms with E-state index in [9.17, 15) is 4.79 Å². The van der Waals surface area contributed by atoms with Crippen LogP contribution < -0.4 is 0 Å². The molecule has 2 aliphatic carbocycles. The van der Waals surface area contributed by atoms with Gasteiger partial charge in [-0.15, -0.1) is 0 Å². The summed E-state index contributed by atoms with van der Waals surface area (Å²) in [6.45, 7) is 0. The van der Waals surface area contributed by atoms with Crippen LogP contribution in [-0.4, -0.2) is 5.97 Å². The zero-order valence-electron chi connectivity index (χ0n) is 9.60. The summed E-state index contributed by atoms with van der Waals surface area (Å²) in [6, 6.07) is 0. The minimum Gasteiger partial charge on any atom is -0.424 e. The van der Waals surface area contributed by atoms with E-state index in [-0.39, 0.29) is 23.0 Å². The Hall–Kier alpha value is -0.531. The summed E-state index contributed by atoms with van der Waals surface area (Å²) >= 11 is 0. The molecule has 10 radical (unpaired) electrons. The zero-order chi connectivity index (χ0) is 11.9. The normalized spacial score (nSPS) is 24.7. The van der Waals surface area contributed by atoms with Crippen LogP contribution in [-0.2, 0) is 26.6 Å². The summed E-state index contributed by atoms with van der Waals surface area (Å²) < 4.78 is 4.85. The maximum absolute atomic E-state index is 10.6. The standard InChI is InChI=1S/C10H7O2.C5H5.Fe/c11-10-6-5-9(12-10)7-8-3-1-2-4-8;1-2-4-5-3-1;/h1-7H;1-5H;/q;;+2/b9-7-;;. The largest absolute Gasteiger partial charge is 2.00 e. The van der Waals surface area contributed by atoms with Crippen LogP contribution in [0.15, 0.2) is 24.0 Å². The molecule has 0 bridgehead atoms. The van der Waals surface area contributed by atoms with Crippen molar-refractivity contribution in [1.82, 2.24) is 0 Å². The second kappa shape index (κ2) is 8.55. The van der Waals surface area contributed by atoms with E-state index in [0.29, 0.717) is 5.76 Å². The van der Waals surface area contributed by atoms with Crippen LogP contribution in [0.2, 0.25) is 0 Å². The molecule has 2 saturated carbocycles. The topological polar surface area (TPSA) is 26.3 Å². The van der Waals surface area contributed by atoms with E-state index in [1.54, 1.807) is 6.08 Å². The molecule has 1 heterocycles. The number of rotatable bonds is 1. The van der Waals surface area contributed by atoms with E-state index in [1.807, 2.05) is 63.9 Å². The van der Waals surface area contributed by atoms with Gasteiger partial charge in [0.05, 0.1) is 0 Å². The third kappa shape index (κ3) is 5.41. The van der Waals surface area contributed by atoms with Crippen molar-refractivity contribution in [3.8, 4) is 0 Å². The number of allylic oxidation sites excluding steroid dienone is 2. The quantitative estimate of drug-likeness (QED) is 0.544. The number of hydrogen-bond acceptors (Lipinski definition) is 2. The number of esters is 1. The summed E-state index contributed by atoms with van der Waals surface area (Å²) in [5.74, 6) is 1.35. The van der Waals surface area contributed by atoms with Crippen molar-refractivity contribution in [1.29, 1.82) is 0 Å². The van der Waals surface area contributed by atoms with Crippen LogP contribution in [0.5, 0.6) is 0 Å². The Kier molecular flexibility index (Phi) is 7.38. The number of ether oxygens (including phenoxy) is 1. The van der Waals surface area contributed by atoms with Crippen LogP contribution in [0.1, 0.15) is 0 Å². The summed E-state index contributed by atoms with van der Waals surface area (Å²) in [5, 5.41) is 0. The van der Waals surface area contributed by atoms with Gasteiger partial charge < -0.3 is 4.74 Å².